The van der Waals surface area contributed by atoms with Gasteiger partial charge in [0.2, 0.25) is 11.3 Å². The summed E-state index contributed by atoms with van der Waals surface area (Å²) >= 11 is 0. The Morgan fingerprint density at radius 1 is 1.13 bits per heavy atom. The third kappa shape index (κ3) is 3.60. The Kier molecular flexibility index (Phi) is 4.42. The molecular formula is C17H16N4O2. The second-order valence-electron chi connectivity index (χ2n) is 5.10. The summed E-state index contributed by atoms with van der Waals surface area (Å²) in [5.74, 6) is -0.151. The van der Waals surface area contributed by atoms with E-state index in [2.05, 4.69) is 15.4 Å². The van der Waals surface area contributed by atoms with Crippen LogP contribution < -0.4 is 10.7 Å². The lowest BCUT2D eigenvalue weighted by Gasteiger charge is -2.09. The molecule has 0 saturated carbocycles. The summed E-state index contributed by atoms with van der Waals surface area (Å²) in [5, 5.41) is 7.44. The summed E-state index contributed by atoms with van der Waals surface area (Å²) in [5.41, 5.74) is 1.44. The van der Waals surface area contributed by atoms with Gasteiger partial charge in [0.15, 0.2) is 0 Å². The molecule has 0 aliphatic rings. The van der Waals surface area contributed by atoms with E-state index in [0.717, 1.165) is 5.69 Å². The molecule has 3 aromatic rings. The van der Waals surface area contributed by atoms with Gasteiger partial charge in [-0.15, -0.1) is 0 Å². The Hall–Kier alpha value is -3.02. The molecule has 1 amide bonds. The molecular weight excluding hydrogens is 292 g/mol. The third-order valence-electron chi connectivity index (χ3n) is 3.48. The van der Waals surface area contributed by atoms with Crippen LogP contribution in [0.5, 0.6) is 0 Å². The van der Waals surface area contributed by atoms with Crippen molar-refractivity contribution in [3.63, 3.8) is 0 Å². The van der Waals surface area contributed by atoms with Crippen LogP contribution in [0.15, 0.2) is 59.7 Å². The van der Waals surface area contributed by atoms with Gasteiger partial charge < -0.3 is 5.32 Å². The van der Waals surface area contributed by atoms with E-state index >= 15 is 0 Å². The maximum absolute atomic E-state index is 12.1. The van der Waals surface area contributed by atoms with Crippen LogP contribution in [0, 0.1) is 0 Å². The van der Waals surface area contributed by atoms with Gasteiger partial charge in [-0.2, -0.15) is 5.10 Å². The van der Waals surface area contributed by atoms with E-state index in [1.54, 1.807) is 24.4 Å². The molecule has 0 bridgehead atoms. The summed E-state index contributed by atoms with van der Waals surface area (Å²) in [6, 6.07) is 12.8. The summed E-state index contributed by atoms with van der Waals surface area (Å²) in [4.78, 5) is 28.0. The van der Waals surface area contributed by atoms with Gasteiger partial charge in [-0.05, 0) is 24.3 Å². The molecule has 6 heteroatoms. The predicted octanol–water partition coefficient (Wildman–Crippen LogP) is 1.15. The zero-order valence-electron chi connectivity index (χ0n) is 12.5. The van der Waals surface area contributed by atoms with Crippen LogP contribution in [0.1, 0.15) is 5.69 Å². The molecule has 0 aliphatic heterocycles. The Morgan fingerprint density at radius 2 is 1.96 bits per heavy atom. The number of benzene rings is 1. The number of para-hydroxylation sites is 1. The van der Waals surface area contributed by atoms with Crippen LogP contribution >= 0.6 is 0 Å². The molecule has 0 radical (unpaired) electrons. The number of nitrogens with one attached hydrogen (secondary N) is 1. The second-order valence-corrected chi connectivity index (χ2v) is 5.10. The molecule has 2 aromatic heterocycles. The number of fused-ring (bicyclic) bond motifs is 1. The highest BCUT2D eigenvalue weighted by Crippen LogP contribution is 2.07. The van der Waals surface area contributed by atoms with Crippen LogP contribution in [0.3, 0.4) is 0 Å². The van der Waals surface area contributed by atoms with Crippen molar-refractivity contribution >= 4 is 16.8 Å². The van der Waals surface area contributed by atoms with E-state index in [4.69, 9.17) is 0 Å². The Morgan fingerprint density at radius 3 is 2.78 bits per heavy atom. The molecule has 3 rings (SSSR count). The van der Waals surface area contributed by atoms with Crippen molar-refractivity contribution < 1.29 is 4.79 Å². The molecule has 0 atom stereocenters. The summed E-state index contributed by atoms with van der Waals surface area (Å²) in [6.07, 6.45) is 3.64. The first-order chi connectivity index (χ1) is 11.2. The zero-order valence-corrected chi connectivity index (χ0v) is 12.5. The van der Waals surface area contributed by atoms with Crippen molar-refractivity contribution in [1.29, 1.82) is 0 Å². The Bertz CT molecular complexity index is 874. The maximum atomic E-state index is 12.1. The number of rotatable bonds is 5. The number of hydrogen-bond donors (Lipinski definition) is 1. The number of pyridine rings is 1. The average Bonchev–Trinajstić information content (AvgIpc) is 2.59. The smallest absolute Gasteiger partial charge is 0.241 e. The SMILES string of the molecule is O=C(Cn1ncc(=O)c2ccccc21)NCCc1ccccn1. The van der Waals surface area contributed by atoms with Gasteiger partial charge in [-0.25, -0.2) is 0 Å². The molecule has 1 aromatic carbocycles. The van der Waals surface area contributed by atoms with E-state index in [-0.39, 0.29) is 17.9 Å². The molecule has 2 heterocycles. The minimum absolute atomic E-state index is 0.0724. The van der Waals surface area contributed by atoms with Crippen LogP contribution in [0.2, 0.25) is 0 Å². The molecule has 116 valence electrons. The fraction of sp³-hybridized carbons (Fsp3) is 0.176. The molecule has 1 N–H and O–H groups in total. The highest BCUT2D eigenvalue weighted by atomic mass is 16.2. The van der Waals surface area contributed by atoms with Crippen molar-refractivity contribution in [2.75, 3.05) is 6.54 Å². The number of nitrogens with zero attached hydrogens (tertiary/aromatic N) is 3. The monoisotopic (exact) mass is 308 g/mol. The molecule has 0 unspecified atom stereocenters. The van der Waals surface area contributed by atoms with Gasteiger partial charge in [-0.3, -0.25) is 19.3 Å². The van der Waals surface area contributed by atoms with Crippen molar-refractivity contribution in [3.05, 3.63) is 70.8 Å². The Labute approximate surface area is 132 Å². The number of hydrogen-bond acceptors (Lipinski definition) is 4. The first-order valence-electron chi connectivity index (χ1n) is 7.35. The van der Waals surface area contributed by atoms with Crippen molar-refractivity contribution in [2.45, 2.75) is 13.0 Å². The van der Waals surface area contributed by atoms with E-state index < -0.39 is 0 Å². The predicted molar refractivity (Wildman–Crippen MR) is 87.0 cm³/mol. The summed E-state index contributed by atoms with van der Waals surface area (Å²) in [7, 11) is 0. The third-order valence-corrected chi connectivity index (χ3v) is 3.48. The largest absolute Gasteiger partial charge is 0.354 e. The average molecular weight is 308 g/mol. The first-order valence-corrected chi connectivity index (χ1v) is 7.35. The van der Waals surface area contributed by atoms with Gasteiger partial charge in [0.1, 0.15) is 6.54 Å². The Balaban J connectivity index is 1.64. The van der Waals surface area contributed by atoms with Gasteiger partial charge in [-0.1, -0.05) is 18.2 Å². The molecule has 0 aliphatic carbocycles. The molecule has 0 saturated heterocycles. The lowest BCUT2D eigenvalue weighted by Crippen LogP contribution is -2.30. The van der Waals surface area contributed by atoms with Crippen LogP contribution in [0.4, 0.5) is 0 Å². The number of aromatic nitrogens is 3. The topological polar surface area (TPSA) is 76.9 Å². The second kappa shape index (κ2) is 6.83. The van der Waals surface area contributed by atoms with Crippen LogP contribution in [-0.4, -0.2) is 27.2 Å². The fourth-order valence-electron chi connectivity index (χ4n) is 2.35. The van der Waals surface area contributed by atoms with Crippen molar-refractivity contribution in [1.82, 2.24) is 20.1 Å². The molecule has 23 heavy (non-hydrogen) atoms. The quantitative estimate of drug-likeness (QED) is 0.767. The van der Waals surface area contributed by atoms with E-state index in [0.29, 0.717) is 23.9 Å². The highest BCUT2D eigenvalue weighted by Gasteiger charge is 2.07. The van der Waals surface area contributed by atoms with Crippen molar-refractivity contribution in [3.8, 4) is 0 Å². The number of carbonyl (C=O) groups excluding carboxylic acids is 1. The first kappa shape index (κ1) is 14.9. The summed E-state index contributed by atoms with van der Waals surface area (Å²) < 4.78 is 1.53. The normalized spacial score (nSPS) is 10.6. The summed E-state index contributed by atoms with van der Waals surface area (Å²) in [6.45, 7) is 0.580. The minimum Gasteiger partial charge on any atom is -0.354 e. The number of amides is 1. The van der Waals surface area contributed by atoms with E-state index in [1.165, 1.54) is 10.9 Å². The highest BCUT2D eigenvalue weighted by molar-refractivity contribution is 5.81. The molecule has 0 fully saturated rings. The fourth-order valence-corrected chi connectivity index (χ4v) is 2.35. The maximum Gasteiger partial charge on any atom is 0.241 e. The number of carbonyl (C=O) groups is 1. The standard InChI is InChI=1S/C17H16N4O2/c22-16-11-20-21(15-7-2-1-6-14(15)16)12-17(23)19-10-8-13-5-3-4-9-18-13/h1-7,9,11H,8,10,12H2,(H,19,23). The van der Waals surface area contributed by atoms with Crippen LogP contribution in [-0.2, 0) is 17.8 Å². The molecule has 0 spiro atoms. The zero-order chi connectivity index (χ0) is 16.1. The molecule has 6 nitrogen and oxygen atoms in total. The van der Waals surface area contributed by atoms with E-state index in [9.17, 15) is 9.59 Å². The van der Waals surface area contributed by atoms with Gasteiger partial charge >= 0.3 is 0 Å². The van der Waals surface area contributed by atoms with Gasteiger partial charge in [0, 0.05) is 30.2 Å². The van der Waals surface area contributed by atoms with E-state index in [1.807, 2.05) is 24.3 Å². The van der Waals surface area contributed by atoms with Crippen molar-refractivity contribution in [2.24, 2.45) is 0 Å². The van der Waals surface area contributed by atoms with Gasteiger partial charge in [0.25, 0.3) is 0 Å². The van der Waals surface area contributed by atoms with Gasteiger partial charge in [0.05, 0.1) is 11.7 Å². The minimum atomic E-state index is -0.151. The lowest BCUT2D eigenvalue weighted by molar-refractivity contribution is -0.121. The van der Waals surface area contributed by atoms with Crippen LogP contribution in [0.25, 0.3) is 10.9 Å². The lowest BCUT2D eigenvalue weighted by atomic mass is 10.2.